The van der Waals surface area contributed by atoms with Crippen LogP contribution in [0.15, 0.2) is 54.6 Å². The van der Waals surface area contributed by atoms with Gasteiger partial charge in [-0.3, -0.25) is 0 Å². The van der Waals surface area contributed by atoms with Gasteiger partial charge in [-0.05, 0) is 51.2 Å². The molecule has 0 atom stereocenters. The van der Waals surface area contributed by atoms with Gasteiger partial charge in [0, 0.05) is 15.1 Å². The molecule has 4 aromatic rings. The van der Waals surface area contributed by atoms with Gasteiger partial charge in [0.15, 0.2) is 5.75 Å². The Bertz CT molecular complexity index is 1090. The van der Waals surface area contributed by atoms with Crippen molar-refractivity contribution in [2.45, 2.75) is 0 Å². The largest absolute Gasteiger partial charge is 0.490 e. The van der Waals surface area contributed by atoms with Crippen molar-refractivity contribution in [2.75, 3.05) is 7.11 Å². The first-order valence-electron chi connectivity index (χ1n) is 7.23. The second-order valence-electron chi connectivity index (χ2n) is 5.40. The number of fused-ring (bicyclic) bond motifs is 6. The highest BCUT2D eigenvalue weighted by Crippen LogP contribution is 2.41. The summed E-state index contributed by atoms with van der Waals surface area (Å²) in [5.41, 5.74) is 0.447. The molecule has 0 radical (unpaired) electrons. The fourth-order valence-corrected chi connectivity index (χ4v) is 3.44. The molecule has 4 aromatic carbocycles. The molecular weight excluding hydrogens is 310 g/mol. The highest BCUT2D eigenvalue weighted by atomic mass is 35.5. The first-order valence-corrected chi connectivity index (χ1v) is 7.61. The molecule has 0 aliphatic heterocycles. The van der Waals surface area contributed by atoms with Crippen LogP contribution in [0.2, 0.25) is 5.02 Å². The third-order valence-electron chi connectivity index (χ3n) is 4.25. The lowest BCUT2D eigenvalue weighted by molar-refractivity contribution is -0.378. The van der Waals surface area contributed by atoms with Crippen LogP contribution in [0.1, 0.15) is 0 Å². The normalized spacial score (nSPS) is 11.2. The summed E-state index contributed by atoms with van der Waals surface area (Å²) in [6, 6.07) is 17.7. The number of nitrogens with one attached hydrogen (secondary N) is 1. The summed E-state index contributed by atoms with van der Waals surface area (Å²) in [6.45, 7) is 0. The molecule has 0 saturated carbocycles. The molecule has 112 valence electrons. The Balaban J connectivity index is 2.40. The Kier molecular flexibility index (Phi) is 3.17. The fourth-order valence-electron chi connectivity index (χ4n) is 3.27. The Labute approximate surface area is 137 Å². The summed E-state index contributed by atoms with van der Waals surface area (Å²) < 4.78 is 5.34. The molecule has 0 fully saturated rings. The number of nitroso groups, excluding NO2 is 1. The molecule has 4 heteroatoms. The van der Waals surface area contributed by atoms with Crippen LogP contribution in [-0.2, 0) is 0 Å². The lowest BCUT2D eigenvalue weighted by atomic mass is 9.93. The molecule has 0 heterocycles. The van der Waals surface area contributed by atoms with E-state index in [-0.39, 0.29) is 0 Å². The molecule has 0 aromatic heterocycles. The lowest BCUT2D eigenvalue weighted by Gasteiger charge is -2.11. The topological polar surface area (TPSA) is 40.3 Å². The predicted molar refractivity (Wildman–Crippen MR) is 94.5 cm³/mol. The minimum atomic E-state index is 0.447. The van der Waals surface area contributed by atoms with Crippen LogP contribution in [0, 0.1) is 4.91 Å². The summed E-state index contributed by atoms with van der Waals surface area (Å²) in [7, 11) is 1.56. The van der Waals surface area contributed by atoms with Gasteiger partial charge in [0.1, 0.15) is 0 Å². The third kappa shape index (κ3) is 1.97. The second-order valence-corrected chi connectivity index (χ2v) is 5.84. The molecule has 1 N–H and O–H groups in total. The van der Waals surface area contributed by atoms with E-state index >= 15 is 0 Å². The van der Waals surface area contributed by atoms with E-state index in [1.54, 1.807) is 13.2 Å². The van der Waals surface area contributed by atoms with Crippen molar-refractivity contribution in [3.63, 3.8) is 0 Å². The van der Waals surface area contributed by atoms with Crippen molar-refractivity contribution in [3.05, 3.63) is 64.5 Å². The monoisotopic (exact) mass is 322 g/mol. The number of halogens is 1. The average molecular weight is 323 g/mol. The fraction of sp³-hybridized carbons (Fsp3) is 0.0526. The van der Waals surface area contributed by atoms with E-state index in [0.29, 0.717) is 16.5 Å². The number of benzene rings is 4. The average Bonchev–Trinajstić information content (AvgIpc) is 2.60. The first-order chi connectivity index (χ1) is 11.2. The summed E-state index contributed by atoms with van der Waals surface area (Å²) in [4.78, 5) is 11.6. The lowest BCUT2D eigenvalue weighted by Crippen LogP contribution is -2.56. The van der Waals surface area contributed by atoms with Crippen molar-refractivity contribution in [3.8, 4) is 5.75 Å². The smallest absolute Gasteiger partial charge is 0.303 e. The van der Waals surface area contributed by atoms with Gasteiger partial charge in [-0.25, -0.2) is 0 Å². The highest BCUT2D eigenvalue weighted by Gasteiger charge is 2.19. The molecule has 0 amide bonds. The molecule has 23 heavy (non-hydrogen) atoms. The van der Waals surface area contributed by atoms with Crippen LogP contribution in [0.4, 0.5) is 5.69 Å². The van der Waals surface area contributed by atoms with Gasteiger partial charge in [0.2, 0.25) is 0 Å². The number of hydrogen-bond acceptors (Lipinski definition) is 2. The molecule has 0 aliphatic carbocycles. The van der Waals surface area contributed by atoms with Gasteiger partial charge >= 0.3 is 5.69 Å². The Hall–Kier alpha value is -2.65. The van der Waals surface area contributed by atoms with Crippen LogP contribution in [0.25, 0.3) is 32.3 Å². The molecule has 3 nitrogen and oxygen atoms in total. The number of methoxy groups -OCH3 is 1. The zero-order valence-electron chi connectivity index (χ0n) is 12.4. The van der Waals surface area contributed by atoms with Crippen molar-refractivity contribution < 1.29 is 9.91 Å². The van der Waals surface area contributed by atoms with E-state index in [9.17, 15) is 4.91 Å². The third-order valence-corrected chi connectivity index (χ3v) is 4.48. The van der Waals surface area contributed by atoms with Gasteiger partial charge in [0.25, 0.3) is 0 Å². The molecule has 4 rings (SSSR count). The van der Waals surface area contributed by atoms with Crippen molar-refractivity contribution in [1.29, 1.82) is 0 Å². The summed E-state index contributed by atoms with van der Waals surface area (Å²) >= 11 is 6.20. The van der Waals surface area contributed by atoms with E-state index in [1.165, 1.54) is 0 Å². The van der Waals surface area contributed by atoms with Gasteiger partial charge < -0.3 is 4.74 Å². The zero-order chi connectivity index (χ0) is 16.0. The van der Waals surface area contributed by atoms with E-state index in [2.05, 4.69) is 11.2 Å². The maximum absolute atomic E-state index is 11.6. The van der Waals surface area contributed by atoms with Crippen molar-refractivity contribution in [2.24, 2.45) is 0 Å². The van der Waals surface area contributed by atoms with Crippen molar-refractivity contribution in [1.82, 2.24) is 0 Å². The van der Waals surface area contributed by atoms with Crippen molar-refractivity contribution >= 4 is 49.6 Å². The van der Waals surface area contributed by atoms with Gasteiger partial charge in [-0.15, -0.1) is 0 Å². The van der Waals surface area contributed by atoms with E-state index in [1.807, 2.05) is 42.5 Å². The van der Waals surface area contributed by atoms with E-state index < -0.39 is 0 Å². The Morgan fingerprint density at radius 2 is 1.52 bits per heavy atom. The van der Waals surface area contributed by atoms with Crippen LogP contribution in [-0.4, -0.2) is 7.11 Å². The maximum Gasteiger partial charge on any atom is 0.303 e. The first kappa shape index (κ1) is 14.0. The number of ether oxygens (including phenoxy) is 1. The zero-order valence-corrected chi connectivity index (χ0v) is 13.1. The Morgan fingerprint density at radius 3 is 2.26 bits per heavy atom. The quantitative estimate of drug-likeness (QED) is 0.559. The molecular formula is C19H13ClNO2+. The van der Waals surface area contributed by atoms with Gasteiger partial charge in [-0.1, -0.05) is 41.9 Å². The maximum atomic E-state index is 11.6. The van der Waals surface area contributed by atoms with Crippen LogP contribution in [0.5, 0.6) is 5.75 Å². The minimum Gasteiger partial charge on any atom is -0.490 e. The van der Waals surface area contributed by atoms with E-state index in [4.69, 9.17) is 16.3 Å². The molecule has 0 spiro atoms. The molecule has 0 saturated heterocycles. The molecule has 0 bridgehead atoms. The van der Waals surface area contributed by atoms with E-state index in [0.717, 1.165) is 32.3 Å². The predicted octanol–water partition coefficient (Wildman–Crippen LogP) is 4.29. The van der Waals surface area contributed by atoms with Crippen LogP contribution in [0.3, 0.4) is 0 Å². The summed E-state index contributed by atoms with van der Waals surface area (Å²) in [6.07, 6.45) is 0. The van der Waals surface area contributed by atoms with Crippen LogP contribution >= 0.6 is 11.6 Å². The standard InChI is InChI=1S/C19H12ClNO2/c1-23-17-9-8-15-16-10-11(20)6-7-13(16)12-4-2-3-5-14(12)18(15)19(17)21-22/h2-10H,1H3/p+1. The SMILES string of the molecule is COc1ccc2c3cc(Cl)ccc3c3ccccc3c2c1[NH+]=O. The summed E-state index contributed by atoms with van der Waals surface area (Å²) in [5, 5.41) is 8.76. The number of rotatable bonds is 2. The second kappa shape index (κ2) is 5.21. The minimum absolute atomic E-state index is 0.447. The Morgan fingerprint density at radius 1 is 0.870 bits per heavy atom. The highest BCUT2D eigenvalue weighted by molar-refractivity contribution is 6.34. The molecule has 0 aliphatic rings. The number of hydrogen-bond donors (Lipinski definition) is 1. The van der Waals surface area contributed by atoms with Gasteiger partial charge in [0.05, 0.1) is 12.5 Å². The molecule has 0 unspecified atom stereocenters. The van der Waals surface area contributed by atoms with Gasteiger partial charge in [-0.2, -0.15) is 0 Å². The summed E-state index contributed by atoms with van der Waals surface area (Å²) in [5.74, 6) is 0.527. The van der Waals surface area contributed by atoms with Crippen LogP contribution < -0.4 is 9.91 Å².